The highest BCUT2D eigenvalue weighted by Gasteiger charge is 2.34. The molecular formula is C21H19BrN2O6. The highest BCUT2D eigenvalue weighted by atomic mass is 79.9. The Bertz CT molecular complexity index is 1020. The first-order valence-corrected chi connectivity index (χ1v) is 9.81. The van der Waals surface area contributed by atoms with Crippen LogP contribution in [0.4, 0.5) is 5.69 Å². The number of hydrogen-bond donors (Lipinski definition) is 1. The van der Waals surface area contributed by atoms with Crippen molar-refractivity contribution in [1.82, 2.24) is 5.43 Å². The van der Waals surface area contributed by atoms with E-state index in [1.807, 2.05) is 6.07 Å². The summed E-state index contributed by atoms with van der Waals surface area (Å²) >= 11 is 3.35. The van der Waals surface area contributed by atoms with Crippen molar-refractivity contribution in [1.29, 1.82) is 0 Å². The number of hydrazine groups is 1. The van der Waals surface area contributed by atoms with Crippen molar-refractivity contribution in [2.75, 3.05) is 25.3 Å². The Balaban J connectivity index is 1.81. The lowest BCUT2D eigenvalue weighted by atomic mass is 10.1. The number of carbonyl (C=O) groups excluding carboxylic acids is 3. The van der Waals surface area contributed by atoms with Crippen LogP contribution < -0.4 is 19.9 Å². The monoisotopic (exact) mass is 474 g/mol. The number of halogens is 1. The molecule has 1 aliphatic heterocycles. The number of methoxy groups -OCH3 is 1. The van der Waals surface area contributed by atoms with Crippen molar-refractivity contribution in [3.8, 4) is 11.5 Å². The highest BCUT2D eigenvalue weighted by Crippen LogP contribution is 2.30. The van der Waals surface area contributed by atoms with Crippen LogP contribution in [-0.4, -0.2) is 38.1 Å². The van der Waals surface area contributed by atoms with Gasteiger partial charge >= 0.3 is 5.97 Å². The van der Waals surface area contributed by atoms with Crippen LogP contribution in [0.15, 0.2) is 52.5 Å². The zero-order chi connectivity index (χ0) is 21.7. The minimum atomic E-state index is -0.512. The number of nitrogens with one attached hydrogen (secondary N) is 1. The van der Waals surface area contributed by atoms with Gasteiger partial charge in [-0.3, -0.25) is 15.0 Å². The SMILES string of the molecule is CCOC(=O)COc1ccc(/C=C2\C(=O)NN(c3cccc(Br)c3)C2=O)cc1OC. The van der Waals surface area contributed by atoms with Gasteiger partial charge < -0.3 is 14.2 Å². The molecule has 0 radical (unpaired) electrons. The zero-order valence-electron chi connectivity index (χ0n) is 16.3. The Kier molecular flexibility index (Phi) is 6.73. The molecule has 1 aliphatic rings. The fraction of sp³-hybridized carbons (Fsp3) is 0.190. The molecule has 30 heavy (non-hydrogen) atoms. The molecule has 9 heteroatoms. The molecule has 0 atom stereocenters. The van der Waals surface area contributed by atoms with Crippen LogP contribution >= 0.6 is 15.9 Å². The third-order valence-corrected chi connectivity index (χ3v) is 4.60. The van der Waals surface area contributed by atoms with E-state index in [-0.39, 0.29) is 18.8 Å². The molecule has 1 fully saturated rings. The van der Waals surface area contributed by atoms with Crippen LogP contribution in [0.5, 0.6) is 11.5 Å². The molecule has 0 aromatic heterocycles. The van der Waals surface area contributed by atoms with Crippen LogP contribution in [0.3, 0.4) is 0 Å². The fourth-order valence-electron chi connectivity index (χ4n) is 2.75. The van der Waals surface area contributed by atoms with E-state index in [2.05, 4.69) is 21.4 Å². The van der Waals surface area contributed by atoms with Crippen LogP contribution in [-0.2, 0) is 19.1 Å². The van der Waals surface area contributed by atoms with Gasteiger partial charge in [0.25, 0.3) is 11.8 Å². The summed E-state index contributed by atoms with van der Waals surface area (Å²) in [6, 6.07) is 11.9. The maximum Gasteiger partial charge on any atom is 0.344 e. The molecule has 2 aromatic rings. The molecule has 0 aliphatic carbocycles. The molecule has 1 saturated heterocycles. The largest absolute Gasteiger partial charge is 0.493 e. The number of nitrogens with zero attached hydrogens (tertiary/aromatic N) is 1. The van der Waals surface area contributed by atoms with Crippen molar-refractivity contribution in [2.24, 2.45) is 0 Å². The lowest BCUT2D eigenvalue weighted by Gasteiger charge is -2.14. The van der Waals surface area contributed by atoms with Gasteiger partial charge in [0.2, 0.25) is 0 Å². The summed E-state index contributed by atoms with van der Waals surface area (Å²) in [5.74, 6) is -0.790. The number of hydrogen-bond acceptors (Lipinski definition) is 6. The standard InChI is InChI=1S/C21H19BrN2O6/c1-3-29-19(25)12-30-17-8-7-13(10-18(17)28-2)9-16-20(26)23-24(21(16)27)15-6-4-5-14(22)11-15/h4-11H,3,12H2,1-2H3,(H,23,26)/b16-9+. The zero-order valence-corrected chi connectivity index (χ0v) is 17.9. The van der Waals surface area contributed by atoms with Crippen LogP contribution in [0.25, 0.3) is 6.08 Å². The first kappa shape index (κ1) is 21.4. The van der Waals surface area contributed by atoms with E-state index in [9.17, 15) is 14.4 Å². The second kappa shape index (κ2) is 9.45. The predicted molar refractivity (Wildman–Crippen MR) is 113 cm³/mol. The molecule has 0 unspecified atom stereocenters. The molecule has 3 rings (SSSR count). The van der Waals surface area contributed by atoms with Crippen LogP contribution in [0.1, 0.15) is 12.5 Å². The van der Waals surface area contributed by atoms with Gasteiger partial charge in [-0.15, -0.1) is 0 Å². The topological polar surface area (TPSA) is 94.2 Å². The molecule has 0 saturated carbocycles. The molecule has 0 bridgehead atoms. The smallest absolute Gasteiger partial charge is 0.344 e. The molecule has 156 valence electrons. The molecule has 2 amide bonds. The van der Waals surface area contributed by atoms with E-state index in [0.29, 0.717) is 22.7 Å². The summed E-state index contributed by atoms with van der Waals surface area (Å²) in [6.07, 6.45) is 1.47. The van der Waals surface area contributed by atoms with E-state index in [1.54, 1.807) is 43.3 Å². The Labute approximate surface area is 181 Å². The van der Waals surface area contributed by atoms with Crippen LogP contribution in [0, 0.1) is 0 Å². The molecule has 1 N–H and O–H groups in total. The number of anilines is 1. The summed E-state index contributed by atoms with van der Waals surface area (Å²) in [5.41, 5.74) is 3.63. The van der Waals surface area contributed by atoms with Crippen molar-refractivity contribution in [2.45, 2.75) is 6.92 Å². The first-order chi connectivity index (χ1) is 14.4. The Morgan fingerprint density at radius 1 is 1.17 bits per heavy atom. The van der Waals surface area contributed by atoms with Crippen molar-refractivity contribution in [3.05, 3.63) is 58.1 Å². The van der Waals surface area contributed by atoms with Gasteiger partial charge in [-0.2, -0.15) is 0 Å². The number of benzene rings is 2. The number of rotatable bonds is 7. The van der Waals surface area contributed by atoms with Gasteiger partial charge in [-0.1, -0.05) is 28.1 Å². The van der Waals surface area contributed by atoms with Gasteiger partial charge in [0, 0.05) is 4.47 Å². The number of esters is 1. The number of ether oxygens (including phenoxy) is 3. The first-order valence-electron chi connectivity index (χ1n) is 9.02. The molecule has 1 heterocycles. The minimum absolute atomic E-state index is 0.0165. The van der Waals surface area contributed by atoms with Crippen molar-refractivity contribution >= 4 is 45.5 Å². The van der Waals surface area contributed by atoms with E-state index in [1.165, 1.54) is 18.2 Å². The van der Waals surface area contributed by atoms with Gasteiger partial charge in [0.05, 0.1) is 19.4 Å². The second-order valence-corrected chi connectivity index (χ2v) is 7.04. The van der Waals surface area contributed by atoms with E-state index >= 15 is 0 Å². The van der Waals surface area contributed by atoms with Gasteiger partial charge in [-0.05, 0) is 48.9 Å². The third kappa shape index (κ3) is 4.80. The summed E-state index contributed by atoms with van der Waals surface area (Å²) in [7, 11) is 1.45. The maximum atomic E-state index is 12.7. The summed E-state index contributed by atoms with van der Waals surface area (Å²) in [6.45, 7) is 1.71. The third-order valence-electron chi connectivity index (χ3n) is 4.11. The number of carbonyl (C=O) groups is 3. The quantitative estimate of drug-likeness (QED) is 0.376. The maximum absolute atomic E-state index is 12.7. The predicted octanol–water partition coefficient (Wildman–Crippen LogP) is 2.86. The Morgan fingerprint density at radius 3 is 2.67 bits per heavy atom. The average Bonchev–Trinajstić information content (AvgIpc) is 3.01. The molecule has 0 spiro atoms. The van der Waals surface area contributed by atoms with Crippen molar-refractivity contribution < 1.29 is 28.6 Å². The Morgan fingerprint density at radius 2 is 1.97 bits per heavy atom. The van der Waals surface area contributed by atoms with E-state index < -0.39 is 17.8 Å². The van der Waals surface area contributed by atoms with Gasteiger partial charge in [-0.25, -0.2) is 9.80 Å². The lowest BCUT2D eigenvalue weighted by Crippen LogP contribution is -2.35. The van der Waals surface area contributed by atoms with E-state index in [0.717, 1.165) is 4.47 Å². The molecular weight excluding hydrogens is 456 g/mol. The normalized spacial score (nSPS) is 14.6. The Hall–Kier alpha value is -3.33. The minimum Gasteiger partial charge on any atom is -0.493 e. The number of amides is 2. The van der Waals surface area contributed by atoms with Gasteiger partial charge in [0.1, 0.15) is 5.57 Å². The summed E-state index contributed by atoms with van der Waals surface area (Å²) in [5, 5.41) is 1.19. The van der Waals surface area contributed by atoms with E-state index in [4.69, 9.17) is 14.2 Å². The summed E-state index contributed by atoms with van der Waals surface area (Å²) < 4.78 is 16.3. The van der Waals surface area contributed by atoms with Gasteiger partial charge in [0.15, 0.2) is 18.1 Å². The molecule has 8 nitrogen and oxygen atoms in total. The second-order valence-electron chi connectivity index (χ2n) is 6.12. The lowest BCUT2D eigenvalue weighted by molar-refractivity contribution is -0.145. The summed E-state index contributed by atoms with van der Waals surface area (Å²) in [4.78, 5) is 36.6. The average molecular weight is 475 g/mol. The van der Waals surface area contributed by atoms with Crippen LogP contribution in [0.2, 0.25) is 0 Å². The highest BCUT2D eigenvalue weighted by molar-refractivity contribution is 9.10. The fourth-order valence-corrected chi connectivity index (χ4v) is 3.14. The molecule has 2 aromatic carbocycles. The van der Waals surface area contributed by atoms with Crippen molar-refractivity contribution in [3.63, 3.8) is 0 Å².